The second-order valence-corrected chi connectivity index (χ2v) is 7.77. The van der Waals surface area contributed by atoms with E-state index in [-0.39, 0.29) is 5.28 Å². The number of aromatic nitrogens is 3. The van der Waals surface area contributed by atoms with Gasteiger partial charge in [0.05, 0.1) is 5.39 Å². The van der Waals surface area contributed by atoms with E-state index in [4.69, 9.17) is 28.2 Å². The molecule has 1 fully saturated rings. The summed E-state index contributed by atoms with van der Waals surface area (Å²) < 4.78 is 3.10. The van der Waals surface area contributed by atoms with Crippen LogP contribution in [0.25, 0.3) is 11.0 Å². The first kappa shape index (κ1) is 20.1. The van der Waals surface area contributed by atoms with Crippen molar-refractivity contribution in [1.82, 2.24) is 14.5 Å². The Morgan fingerprint density at radius 1 is 1.30 bits per heavy atom. The lowest BCUT2D eigenvalue weighted by Gasteiger charge is -2.15. The van der Waals surface area contributed by atoms with Crippen molar-refractivity contribution in [3.05, 3.63) is 51.3 Å². The number of aliphatic hydroxyl groups excluding tert-OH is 1. The molecule has 1 aromatic carbocycles. The van der Waals surface area contributed by atoms with E-state index < -0.39 is 0 Å². The fourth-order valence-corrected chi connectivity index (χ4v) is 4.64. The number of halogens is 2. The average molecular weight is 453 g/mol. The third-order valence-electron chi connectivity index (χ3n) is 5.08. The van der Waals surface area contributed by atoms with Crippen LogP contribution in [0.15, 0.2) is 34.9 Å². The van der Waals surface area contributed by atoms with E-state index in [1.807, 2.05) is 0 Å². The summed E-state index contributed by atoms with van der Waals surface area (Å²) in [4.78, 5) is 8.48. The molecule has 8 heteroatoms. The normalized spacial score (nSPS) is 19.1. The van der Waals surface area contributed by atoms with Crippen LogP contribution in [0.3, 0.4) is 0 Å². The first-order valence-electron chi connectivity index (χ1n) is 8.79. The van der Waals surface area contributed by atoms with Gasteiger partial charge in [0, 0.05) is 30.4 Å². The number of rotatable bonds is 3. The predicted molar refractivity (Wildman–Crippen MR) is 113 cm³/mol. The van der Waals surface area contributed by atoms with Crippen LogP contribution < -0.4 is 11.5 Å². The number of nitrogens with two attached hydrogens (primary N) is 2. The van der Waals surface area contributed by atoms with Crippen molar-refractivity contribution in [2.24, 2.45) is 5.73 Å². The average Bonchev–Trinajstić information content (AvgIpc) is 3.28. The highest BCUT2D eigenvalue weighted by Crippen LogP contribution is 2.43. The molecule has 1 saturated carbocycles. The lowest BCUT2D eigenvalue weighted by atomic mass is 9.96. The van der Waals surface area contributed by atoms with Crippen molar-refractivity contribution in [3.63, 3.8) is 0 Å². The number of hydrogen-bond donors (Lipinski definition) is 3. The lowest BCUT2D eigenvalue weighted by Crippen LogP contribution is -2.06. The van der Waals surface area contributed by atoms with Crippen LogP contribution >= 0.6 is 27.5 Å². The van der Waals surface area contributed by atoms with Crippen LogP contribution in [0.2, 0.25) is 5.28 Å². The second-order valence-electron chi connectivity index (χ2n) is 6.57. The zero-order valence-electron chi connectivity index (χ0n) is 15.1. The second kappa shape index (κ2) is 8.56. The highest BCUT2D eigenvalue weighted by Gasteiger charge is 2.29. The Morgan fingerprint density at radius 3 is 2.81 bits per heavy atom. The third-order valence-corrected chi connectivity index (χ3v) is 5.85. The van der Waals surface area contributed by atoms with E-state index in [0.717, 1.165) is 41.9 Å². The number of nitrogens with zero attached hydrogens (tertiary/aromatic N) is 3. The Bertz CT molecular complexity index is 945. The third kappa shape index (κ3) is 3.96. The summed E-state index contributed by atoms with van der Waals surface area (Å²) in [5.41, 5.74) is 15.2. The van der Waals surface area contributed by atoms with Gasteiger partial charge in [-0.05, 0) is 63.8 Å². The van der Waals surface area contributed by atoms with Crippen LogP contribution in [0.1, 0.15) is 42.3 Å². The van der Waals surface area contributed by atoms with E-state index in [2.05, 4.69) is 60.9 Å². The first-order chi connectivity index (χ1) is 13.1. The molecule has 1 aliphatic carbocycles. The summed E-state index contributed by atoms with van der Waals surface area (Å²) in [6, 6.07) is 8.97. The maximum absolute atomic E-state index is 7.00. The zero-order valence-corrected chi connectivity index (χ0v) is 17.4. The fourth-order valence-electron chi connectivity index (χ4n) is 3.87. The first-order valence-corrected chi connectivity index (χ1v) is 9.96. The van der Waals surface area contributed by atoms with Crippen LogP contribution in [0, 0.1) is 0 Å². The van der Waals surface area contributed by atoms with Crippen LogP contribution in [0.4, 0.5) is 5.82 Å². The molecule has 3 aromatic rings. The summed E-state index contributed by atoms with van der Waals surface area (Å²) in [6.45, 7) is 0.577. The molecule has 0 aliphatic heterocycles. The van der Waals surface area contributed by atoms with E-state index in [9.17, 15) is 0 Å². The van der Waals surface area contributed by atoms with E-state index in [1.54, 1.807) is 0 Å². The lowest BCUT2D eigenvalue weighted by molar-refractivity contribution is 0.399. The Hall–Kier alpha value is -1.67. The summed E-state index contributed by atoms with van der Waals surface area (Å²) >= 11 is 9.61. The van der Waals surface area contributed by atoms with Gasteiger partial charge in [-0.25, -0.2) is 4.98 Å². The van der Waals surface area contributed by atoms with Gasteiger partial charge in [0.15, 0.2) is 0 Å². The Morgan fingerprint density at radius 2 is 2.07 bits per heavy atom. The van der Waals surface area contributed by atoms with Crippen molar-refractivity contribution in [3.8, 4) is 0 Å². The van der Waals surface area contributed by atoms with Crippen LogP contribution in [-0.4, -0.2) is 26.8 Å². The van der Waals surface area contributed by atoms with Gasteiger partial charge in [0.25, 0.3) is 0 Å². The molecule has 4 rings (SSSR count). The number of aliphatic hydroxyl groups is 1. The maximum Gasteiger partial charge on any atom is 0.226 e. The molecule has 1 aliphatic rings. The minimum Gasteiger partial charge on any atom is -0.400 e. The molecule has 2 heterocycles. The fraction of sp³-hybridized carbons (Fsp3) is 0.368. The zero-order chi connectivity index (χ0) is 19.6. The molecule has 2 atom stereocenters. The van der Waals surface area contributed by atoms with E-state index >= 15 is 0 Å². The Labute approximate surface area is 171 Å². The van der Waals surface area contributed by atoms with Gasteiger partial charge < -0.3 is 21.1 Å². The molecule has 6 nitrogen and oxygen atoms in total. The number of hydrogen-bond acceptors (Lipinski definition) is 5. The number of nitrogen functional groups attached to an aromatic ring is 1. The van der Waals surface area contributed by atoms with Gasteiger partial charge in [-0.2, -0.15) is 4.98 Å². The predicted octanol–water partition coefficient (Wildman–Crippen LogP) is 4.01. The molecule has 144 valence electrons. The van der Waals surface area contributed by atoms with Crippen molar-refractivity contribution in [2.75, 3.05) is 12.8 Å². The van der Waals surface area contributed by atoms with Gasteiger partial charge in [0.2, 0.25) is 5.28 Å². The summed E-state index contributed by atoms with van der Waals surface area (Å²) in [6.07, 6.45) is 5.35. The molecule has 27 heavy (non-hydrogen) atoms. The minimum absolute atomic E-state index is 0.182. The summed E-state index contributed by atoms with van der Waals surface area (Å²) in [5.74, 6) is 0.938. The number of anilines is 1. The van der Waals surface area contributed by atoms with E-state index in [1.165, 1.54) is 11.1 Å². The Kier molecular flexibility index (Phi) is 6.37. The van der Waals surface area contributed by atoms with E-state index in [0.29, 0.717) is 24.3 Å². The van der Waals surface area contributed by atoms with Gasteiger partial charge in [-0.3, -0.25) is 0 Å². The molecule has 2 unspecified atom stereocenters. The Balaban J connectivity index is 0.00000102. The largest absolute Gasteiger partial charge is 0.400 e. The van der Waals surface area contributed by atoms with Crippen molar-refractivity contribution >= 4 is 44.4 Å². The highest BCUT2D eigenvalue weighted by atomic mass is 79.9. The van der Waals surface area contributed by atoms with Gasteiger partial charge in [-0.15, -0.1) is 0 Å². The number of benzene rings is 1. The van der Waals surface area contributed by atoms with Gasteiger partial charge >= 0.3 is 0 Å². The standard InChI is InChI=1S/C18H19BrClN5.CH4O/c19-14-9-25(17-15(14)16(22)23-18(20)24-17)13-5-4-12(7-13)11-3-1-2-10(6-11)8-21;1-2/h1-3,6,9,12-13H,4-5,7-8,21H2,(H2,22,23,24);2H,1H3. The molecule has 0 saturated heterocycles. The van der Waals surface area contributed by atoms with Crippen LogP contribution in [-0.2, 0) is 6.54 Å². The number of fused-ring (bicyclic) bond motifs is 1. The minimum atomic E-state index is 0.182. The molecule has 0 radical (unpaired) electrons. The van der Waals surface area contributed by atoms with Crippen molar-refractivity contribution in [1.29, 1.82) is 0 Å². The molecule has 0 amide bonds. The maximum atomic E-state index is 7.00. The summed E-state index contributed by atoms with van der Waals surface area (Å²) in [5, 5.41) is 8.01. The molecular weight excluding hydrogens is 430 g/mol. The topological polar surface area (TPSA) is 103 Å². The smallest absolute Gasteiger partial charge is 0.226 e. The van der Waals surface area contributed by atoms with Crippen LogP contribution in [0.5, 0.6) is 0 Å². The quantitative estimate of drug-likeness (QED) is 0.521. The van der Waals surface area contributed by atoms with Crippen molar-refractivity contribution in [2.45, 2.75) is 37.8 Å². The molecule has 5 N–H and O–H groups in total. The molecular formula is C19H23BrClN5O. The van der Waals surface area contributed by atoms with Crippen molar-refractivity contribution < 1.29 is 5.11 Å². The molecule has 2 aromatic heterocycles. The molecule has 0 bridgehead atoms. The van der Waals surface area contributed by atoms with Gasteiger partial charge in [-0.1, -0.05) is 24.3 Å². The molecule has 0 spiro atoms. The highest BCUT2D eigenvalue weighted by molar-refractivity contribution is 9.10. The monoisotopic (exact) mass is 451 g/mol. The van der Waals surface area contributed by atoms with Gasteiger partial charge in [0.1, 0.15) is 11.5 Å². The SMILES string of the molecule is CO.NCc1cccc(C2CCC(n3cc(Br)c4c(N)nc(Cl)nc43)C2)c1. The summed E-state index contributed by atoms with van der Waals surface area (Å²) in [7, 11) is 1.00.